The van der Waals surface area contributed by atoms with Crippen LogP contribution in [0.2, 0.25) is 0 Å². The van der Waals surface area contributed by atoms with Gasteiger partial charge < -0.3 is 24.1 Å². The topological polar surface area (TPSA) is 109 Å². The standard InChI is InChI=1S/C19H24N6O4/c1-27-8-7-25-18(21-22-23-25)17(24-5-9-29-10-6-24)15-12-13-11-14(28-2)3-4-16(13)20-19(15)26/h3-4,11-12,17H,5-10H2,1-2H3,(H,20,26)/p+1/t17-/m0/s1. The van der Waals surface area contributed by atoms with E-state index in [1.807, 2.05) is 24.3 Å². The smallest absolute Gasteiger partial charge is 0.258 e. The first-order chi connectivity index (χ1) is 14.2. The minimum atomic E-state index is -0.315. The number of aromatic amines is 1. The molecule has 10 heteroatoms. The maximum atomic E-state index is 13.1. The fourth-order valence-corrected chi connectivity index (χ4v) is 3.76. The second-order valence-corrected chi connectivity index (χ2v) is 6.96. The van der Waals surface area contributed by atoms with Gasteiger partial charge in [-0.3, -0.25) is 4.79 Å². The number of rotatable bonds is 7. The molecule has 0 bridgehead atoms. The maximum absolute atomic E-state index is 13.1. The molecule has 1 atom stereocenters. The molecule has 0 aliphatic carbocycles. The molecule has 2 aromatic heterocycles. The Kier molecular flexibility index (Phi) is 5.84. The number of hydrogen-bond donors (Lipinski definition) is 2. The van der Waals surface area contributed by atoms with E-state index in [4.69, 9.17) is 14.2 Å². The van der Waals surface area contributed by atoms with Crippen LogP contribution in [0.4, 0.5) is 0 Å². The Hall–Kier alpha value is -2.82. The van der Waals surface area contributed by atoms with Crippen molar-refractivity contribution in [3.63, 3.8) is 0 Å². The molecule has 3 heterocycles. The number of hydrogen-bond acceptors (Lipinski definition) is 7. The van der Waals surface area contributed by atoms with Crippen molar-refractivity contribution in [2.75, 3.05) is 47.1 Å². The highest BCUT2D eigenvalue weighted by Gasteiger charge is 2.35. The molecule has 0 saturated carbocycles. The Balaban J connectivity index is 1.83. The van der Waals surface area contributed by atoms with E-state index in [2.05, 4.69) is 20.5 Å². The summed E-state index contributed by atoms with van der Waals surface area (Å²) in [5.41, 5.74) is 1.23. The van der Waals surface area contributed by atoms with Crippen LogP contribution >= 0.6 is 0 Å². The van der Waals surface area contributed by atoms with Gasteiger partial charge in [0, 0.05) is 18.0 Å². The van der Waals surface area contributed by atoms with Crippen LogP contribution in [0.3, 0.4) is 0 Å². The molecule has 154 valence electrons. The number of benzene rings is 1. The van der Waals surface area contributed by atoms with Gasteiger partial charge in [-0.2, -0.15) is 0 Å². The van der Waals surface area contributed by atoms with Crippen molar-refractivity contribution in [1.29, 1.82) is 0 Å². The van der Waals surface area contributed by atoms with E-state index in [9.17, 15) is 4.79 Å². The predicted molar refractivity (Wildman–Crippen MR) is 104 cm³/mol. The lowest BCUT2D eigenvalue weighted by Gasteiger charge is -2.30. The van der Waals surface area contributed by atoms with Crippen LogP contribution in [0.15, 0.2) is 29.1 Å². The third-order valence-corrected chi connectivity index (χ3v) is 5.26. The SMILES string of the molecule is COCCn1nnnc1[C@H](c1cc2cc(OC)ccc2[nH]c1=O)[NH+]1CCOCC1. The van der Waals surface area contributed by atoms with Crippen molar-refractivity contribution < 1.29 is 19.1 Å². The molecule has 1 aromatic carbocycles. The summed E-state index contributed by atoms with van der Waals surface area (Å²) in [6.07, 6.45) is 0. The van der Waals surface area contributed by atoms with Gasteiger partial charge in [0.05, 0.1) is 39.0 Å². The van der Waals surface area contributed by atoms with Crippen LogP contribution in [0, 0.1) is 0 Å². The summed E-state index contributed by atoms with van der Waals surface area (Å²) in [7, 11) is 3.26. The number of nitrogens with one attached hydrogen (secondary N) is 2. The number of quaternary nitrogens is 1. The van der Waals surface area contributed by atoms with E-state index in [1.54, 1.807) is 18.9 Å². The van der Waals surface area contributed by atoms with Crippen LogP contribution in [-0.2, 0) is 16.0 Å². The molecule has 0 radical (unpaired) electrons. The first-order valence-electron chi connectivity index (χ1n) is 9.59. The number of pyridine rings is 1. The minimum Gasteiger partial charge on any atom is -0.497 e. The molecule has 3 aromatic rings. The molecule has 2 N–H and O–H groups in total. The number of morpholine rings is 1. The van der Waals surface area contributed by atoms with Crippen molar-refractivity contribution in [2.24, 2.45) is 0 Å². The molecular weight excluding hydrogens is 376 g/mol. The van der Waals surface area contributed by atoms with E-state index >= 15 is 0 Å². The third kappa shape index (κ3) is 4.00. The average molecular weight is 401 g/mol. The Morgan fingerprint density at radius 2 is 2.10 bits per heavy atom. The van der Waals surface area contributed by atoms with Crippen LogP contribution in [0.5, 0.6) is 5.75 Å². The minimum absolute atomic E-state index is 0.145. The lowest BCUT2D eigenvalue weighted by molar-refractivity contribution is -0.933. The number of methoxy groups -OCH3 is 2. The van der Waals surface area contributed by atoms with Gasteiger partial charge in [-0.05, 0) is 34.7 Å². The molecule has 29 heavy (non-hydrogen) atoms. The number of nitrogens with zero attached hydrogens (tertiary/aromatic N) is 4. The summed E-state index contributed by atoms with van der Waals surface area (Å²) >= 11 is 0. The Morgan fingerprint density at radius 1 is 1.28 bits per heavy atom. The van der Waals surface area contributed by atoms with Crippen molar-refractivity contribution >= 4 is 10.9 Å². The summed E-state index contributed by atoms with van der Waals surface area (Å²) < 4.78 is 17.8. The molecule has 1 saturated heterocycles. The molecule has 1 fully saturated rings. The van der Waals surface area contributed by atoms with E-state index in [-0.39, 0.29) is 11.6 Å². The fourth-order valence-electron chi connectivity index (χ4n) is 3.76. The second kappa shape index (κ2) is 8.68. The van der Waals surface area contributed by atoms with Gasteiger partial charge in [0.25, 0.3) is 5.56 Å². The van der Waals surface area contributed by atoms with E-state index in [0.29, 0.717) is 37.8 Å². The zero-order valence-electron chi connectivity index (χ0n) is 16.6. The number of tetrazole rings is 1. The van der Waals surface area contributed by atoms with Crippen LogP contribution in [0.25, 0.3) is 10.9 Å². The largest absolute Gasteiger partial charge is 0.497 e. The molecule has 0 spiro atoms. The van der Waals surface area contributed by atoms with Gasteiger partial charge in [0.1, 0.15) is 18.8 Å². The van der Waals surface area contributed by atoms with Gasteiger partial charge in [-0.15, -0.1) is 5.10 Å². The summed E-state index contributed by atoms with van der Waals surface area (Å²) in [6, 6.07) is 7.19. The van der Waals surface area contributed by atoms with E-state index in [0.717, 1.165) is 29.7 Å². The normalized spacial score (nSPS) is 16.2. The summed E-state index contributed by atoms with van der Waals surface area (Å²) in [4.78, 5) is 17.2. The lowest BCUT2D eigenvalue weighted by Crippen LogP contribution is -3.14. The Labute approximate surface area is 167 Å². The van der Waals surface area contributed by atoms with Crippen molar-refractivity contribution in [3.8, 4) is 5.75 Å². The van der Waals surface area contributed by atoms with Crippen LogP contribution in [-0.4, -0.2) is 72.3 Å². The molecule has 0 amide bonds. The fraction of sp³-hybridized carbons (Fsp3) is 0.474. The maximum Gasteiger partial charge on any atom is 0.258 e. The van der Waals surface area contributed by atoms with E-state index < -0.39 is 0 Å². The monoisotopic (exact) mass is 401 g/mol. The van der Waals surface area contributed by atoms with Gasteiger partial charge in [0.15, 0.2) is 6.04 Å². The highest BCUT2D eigenvalue weighted by atomic mass is 16.5. The lowest BCUT2D eigenvalue weighted by atomic mass is 10.0. The predicted octanol–water partition coefficient (Wildman–Crippen LogP) is -0.826. The van der Waals surface area contributed by atoms with Crippen molar-refractivity contribution in [2.45, 2.75) is 12.6 Å². The van der Waals surface area contributed by atoms with Crippen LogP contribution < -0.4 is 15.2 Å². The van der Waals surface area contributed by atoms with E-state index in [1.165, 1.54) is 4.90 Å². The molecule has 1 aliphatic rings. The number of ether oxygens (including phenoxy) is 3. The molecular formula is C19H25N6O4+. The summed E-state index contributed by atoms with van der Waals surface area (Å²) in [5, 5.41) is 13.2. The quantitative estimate of drug-likeness (QED) is 0.532. The molecule has 1 aliphatic heterocycles. The van der Waals surface area contributed by atoms with Crippen molar-refractivity contribution in [3.05, 3.63) is 46.0 Å². The highest BCUT2D eigenvalue weighted by molar-refractivity contribution is 5.80. The van der Waals surface area contributed by atoms with Gasteiger partial charge in [0.2, 0.25) is 5.82 Å². The zero-order chi connectivity index (χ0) is 20.2. The number of aromatic nitrogens is 5. The number of fused-ring (bicyclic) bond motifs is 1. The first-order valence-corrected chi connectivity index (χ1v) is 9.59. The van der Waals surface area contributed by atoms with Crippen molar-refractivity contribution in [1.82, 2.24) is 25.2 Å². The number of H-pyrrole nitrogens is 1. The summed E-state index contributed by atoms with van der Waals surface area (Å²) in [6.45, 7) is 3.78. The third-order valence-electron chi connectivity index (χ3n) is 5.26. The summed E-state index contributed by atoms with van der Waals surface area (Å²) in [5.74, 6) is 1.38. The Morgan fingerprint density at radius 3 is 2.86 bits per heavy atom. The molecule has 10 nitrogen and oxygen atoms in total. The van der Waals surface area contributed by atoms with Crippen LogP contribution in [0.1, 0.15) is 17.4 Å². The molecule has 4 rings (SSSR count). The highest BCUT2D eigenvalue weighted by Crippen LogP contribution is 2.22. The molecule has 0 unspecified atom stereocenters. The van der Waals surface area contributed by atoms with Gasteiger partial charge in [-0.25, -0.2) is 4.68 Å². The van der Waals surface area contributed by atoms with Gasteiger partial charge in [-0.1, -0.05) is 0 Å². The zero-order valence-corrected chi connectivity index (χ0v) is 16.6. The average Bonchev–Trinajstić information content (AvgIpc) is 3.21. The second-order valence-electron chi connectivity index (χ2n) is 6.96. The first kappa shape index (κ1) is 19.5. The Bertz CT molecular complexity index is 1030. The van der Waals surface area contributed by atoms with Gasteiger partial charge >= 0.3 is 0 Å².